The van der Waals surface area contributed by atoms with E-state index in [1.165, 1.54) is 0 Å². The van der Waals surface area contributed by atoms with Gasteiger partial charge in [-0.25, -0.2) is 5.01 Å². The molecule has 0 atom stereocenters. The van der Waals surface area contributed by atoms with E-state index in [0.29, 0.717) is 6.04 Å². The topological polar surface area (TPSA) is 32.5 Å². The smallest absolute Gasteiger partial charge is 0.0646 e. The number of hydrogen-bond donors (Lipinski definition) is 1. The van der Waals surface area contributed by atoms with Crippen molar-refractivity contribution in [2.24, 2.45) is 5.84 Å². The summed E-state index contributed by atoms with van der Waals surface area (Å²) in [6, 6.07) is 0.638. The van der Waals surface area contributed by atoms with Gasteiger partial charge in [0.25, 0.3) is 0 Å². The van der Waals surface area contributed by atoms with E-state index < -0.39 is 0 Å². The van der Waals surface area contributed by atoms with Gasteiger partial charge in [-0.1, -0.05) is 0 Å². The van der Waals surface area contributed by atoms with Gasteiger partial charge in [0.15, 0.2) is 0 Å². The van der Waals surface area contributed by atoms with Crippen LogP contribution in [0, 0.1) is 0 Å². The lowest BCUT2D eigenvalue weighted by Gasteiger charge is -2.18. The van der Waals surface area contributed by atoms with E-state index in [9.17, 15) is 0 Å². The third kappa shape index (κ3) is 1.64. The Morgan fingerprint density at radius 1 is 1.33 bits per heavy atom. The van der Waals surface area contributed by atoms with E-state index in [4.69, 9.17) is 5.84 Å². The Bertz CT molecular complexity index is 92.3. The van der Waals surface area contributed by atoms with Crippen molar-refractivity contribution in [3.63, 3.8) is 0 Å². The van der Waals surface area contributed by atoms with E-state index >= 15 is 0 Å². The van der Waals surface area contributed by atoms with Gasteiger partial charge < -0.3 is 0 Å². The predicted octanol–water partition coefficient (Wildman–Crippen LogP) is -0.156. The third-order valence-corrected chi connectivity index (χ3v) is 1.77. The van der Waals surface area contributed by atoms with Crippen LogP contribution in [0.1, 0.15) is 13.8 Å². The van der Waals surface area contributed by atoms with Crippen molar-refractivity contribution < 1.29 is 0 Å². The van der Waals surface area contributed by atoms with Gasteiger partial charge in [-0.3, -0.25) is 10.7 Å². The van der Waals surface area contributed by atoms with Crippen LogP contribution >= 0.6 is 0 Å². The van der Waals surface area contributed by atoms with Gasteiger partial charge in [0.1, 0.15) is 0 Å². The first-order valence-corrected chi connectivity index (χ1v) is 3.44. The molecular formula is C6H15N3. The summed E-state index contributed by atoms with van der Waals surface area (Å²) < 4.78 is 0. The van der Waals surface area contributed by atoms with Crippen LogP contribution in [0.5, 0.6) is 0 Å². The predicted molar refractivity (Wildman–Crippen MR) is 37.6 cm³/mol. The molecule has 0 amide bonds. The van der Waals surface area contributed by atoms with Gasteiger partial charge in [-0.2, -0.15) is 0 Å². The minimum Gasteiger partial charge on any atom is -0.286 e. The Morgan fingerprint density at radius 2 is 2.00 bits per heavy atom. The van der Waals surface area contributed by atoms with E-state index in [1.807, 2.05) is 5.01 Å². The second-order valence-corrected chi connectivity index (χ2v) is 2.86. The average molecular weight is 129 g/mol. The fourth-order valence-corrected chi connectivity index (χ4v) is 1.05. The Labute approximate surface area is 56.4 Å². The highest BCUT2D eigenvalue weighted by molar-refractivity contribution is 4.69. The van der Waals surface area contributed by atoms with Crippen LogP contribution < -0.4 is 5.84 Å². The molecule has 2 N–H and O–H groups in total. The standard InChI is InChI=1S/C6H15N3/c1-6(2)8-3-4-9(7)5-8/h6H,3-5,7H2,1-2H3. The van der Waals surface area contributed by atoms with Gasteiger partial charge in [-0.05, 0) is 13.8 Å². The largest absolute Gasteiger partial charge is 0.286 e. The first-order valence-electron chi connectivity index (χ1n) is 3.44. The molecule has 1 heterocycles. The molecule has 1 aliphatic rings. The summed E-state index contributed by atoms with van der Waals surface area (Å²) in [5.41, 5.74) is 0. The van der Waals surface area contributed by atoms with Crippen LogP contribution in [-0.4, -0.2) is 35.7 Å². The molecule has 3 heteroatoms. The Hall–Kier alpha value is -0.120. The number of nitrogens with two attached hydrogens (primary N) is 1. The molecule has 1 fully saturated rings. The molecule has 1 saturated heterocycles. The summed E-state index contributed by atoms with van der Waals surface area (Å²) in [5.74, 6) is 5.55. The van der Waals surface area contributed by atoms with Crippen molar-refractivity contribution in [2.45, 2.75) is 19.9 Å². The maximum atomic E-state index is 5.55. The highest BCUT2D eigenvalue weighted by atomic mass is 15.5. The third-order valence-electron chi connectivity index (χ3n) is 1.77. The molecular weight excluding hydrogens is 114 g/mol. The summed E-state index contributed by atoms with van der Waals surface area (Å²) in [6.45, 7) is 7.45. The fourth-order valence-electron chi connectivity index (χ4n) is 1.05. The monoisotopic (exact) mass is 129 g/mol. The van der Waals surface area contributed by atoms with Gasteiger partial charge in [0.05, 0.1) is 6.67 Å². The van der Waals surface area contributed by atoms with Crippen LogP contribution in [0.4, 0.5) is 0 Å². The maximum Gasteiger partial charge on any atom is 0.0646 e. The number of hydrogen-bond acceptors (Lipinski definition) is 3. The zero-order valence-corrected chi connectivity index (χ0v) is 6.17. The quantitative estimate of drug-likeness (QED) is 0.499. The van der Waals surface area contributed by atoms with Crippen LogP contribution in [0.2, 0.25) is 0 Å². The molecule has 0 saturated carbocycles. The van der Waals surface area contributed by atoms with E-state index in [2.05, 4.69) is 18.7 Å². The Kier molecular flexibility index (Phi) is 2.05. The number of hydrazine groups is 1. The van der Waals surface area contributed by atoms with Crippen molar-refractivity contribution in [1.29, 1.82) is 0 Å². The van der Waals surface area contributed by atoms with Crippen molar-refractivity contribution >= 4 is 0 Å². The summed E-state index contributed by atoms with van der Waals surface area (Å²) in [5, 5.41) is 1.85. The summed E-state index contributed by atoms with van der Waals surface area (Å²) in [4.78, 5) is 2.35. The van der Waals surface area contributed by atoms with E-state index in [-0.39, 0.29) is 0 Å². The summed E-state index contributed by atoms with van der Waals surface area (Å²) in [7, 11) is 0. The van der Waals surface area contributed by atoms with Crippen molar-refractivity contribution in [3.05, 3.63) is 0 Å². The minimum absolute atomic E-state index is 0.638. The van der Waals surface area contributed by atoms with Crippen LogP contribution in [-0.2, 0) is 0 Å². The van der Waals surface area contributed by atoms with Gasteiger partial charge in [0, 0.05) is 19.1 Å². The molecule has 54 valence electrons. The zero-order valence-electron chi connectivity index (χ0n) is 6.17. The summed E-state index contributed by atoms with van der Waals surface area (Å²) >= 11 is 0. The van der Waals surface area contributed by atoms with Crippen LogP contribution in [0.3, 0.4) is 0 Å². The first-order chi connectivity index (χ1) is 4.20. The second kappa shape index (κ2) is 2.64. The van der Waals surface area contributed by atoms with Gasteiger partial charge >= 0.3 is 0 Å². The molecule has 0 radical (unpaired) electrons. The first kappa shape index (κ1) is 6.99. The van der Waals surface area contributed by atoms with Crippen molar-refractivity contribution in [2.75, 3.05) is 19.8 Å². The lowest BCUT2D eigenvalue weighted by molar-refractivity contribution is 0.214. The molecule has 0 aromatic heterocycles. The molecule has 0 aliphatic carbocycles. The molecule has 1 aliphatic heterocycles. The molecule has 1 rings (SSSR count). The number of nitrogens with zero attached hydrogens (tertiary/aromatic N) is 2. The molecule has 0 unspecified atom stereocenters. The van der Waals surface area contributed by atoms with Crippen molar-refractivity contribution in [3.8, 4) is 0 Å². The molecule has 0 spiro atoms. The Morgan fingerprint density at radius 3 is 2.22 bits per heavy atom. The molecule has 0 bridgehead atoms. The molecule has 0 aromatic rings. The van der Waals surface area contributed by atoms with Crippen LogP contribution in [0.25, 0.3) is 0 Å². The lowest BCUT2D eigenvalue weighted by Crippen LogP contribution is -2.33. The maximum absolute atomic E-state index is 5.55. The van der Waals surface area contributed by atoms with E-state index in [1.54, 1.807) is 0 Å². The van der Waals surface area contributed by atoms with Crippen LogP contribution in [0.15, 0.2) is 0 Å². The molecule has 3 nitrogen and oxygen atoms in total. The molecule has 0 aromatic carbocycles. The van der Waals surface area contributed by atoms with E-state index in [0.717, 1.165) is 19.8 Å². The second-order valence-electron chi connectivity index (χ2n) is 2.86. The highest BCUT2D eigenvalue weighted by Crippen LogP contribution is 2.03. The van der Waals surface area contributed by atoms with Gasteiger partial charge in [0.2, 0.25) is 0 Å². The van der Waals surface area contributed by atoms with Gasteiger partial charge in [-0.15, -0.1) is 0 Å². The zero-order chi connectivity index (χ0) is 6.85. The Balaban J connectivity index is 2.30. The SMILES string of the molecule is CC(C)N1CCN(N)C1. The van der Waals surface area contributed by atoms with Crippen molar-refractivity contribution in [1.82, 2.24) is 9.91 Å². The lowest BCUT2D eigenvalue weighted by atomic mass is 10.3. The fraction of sp³-hybridized carbons (Fsp3) is 1.00. The minimum atomic E-state index is 0.638. The normalized spacial score (nSPS) is 24.0. The highest BCUT2D eigenvalue weighted by Gasteiger charge is 2.18. The molecule has 9 heavy (non-hydrogen) atoms. The average Bonchev–Trinajstić information content (AvgIpc) is 2.14. The summed E-state index contributed by atoms with van der Waals surface area (Å²) in [6.07, 6.45) is 0. The number of rotatable bonds is 1.